The standard InChI is InChI=1S/C11H21N3S2/c1-5-6-12-11-14-13-10(16-11)7-15-9(4)8(2)3/h8-9H,5-7H2,1-4H3,(H,12,14). The van der Waals surface area contributed by atoms with E-state index in [1.165, 1.54) is 0 Å². The lowest BCUT2D eigenvalue weighted by molar-refractivity contribution is 0.642. The number of nitrogens with one attached hydrogen (secondary N) is 1. The first kappa shape index (κ1) is 13.8. The Morgan fingerprint density at radius 1 is 1.31 bits per heavy atom. The number of anilines is 1. The highest BCUT2D eigenvalue weighted by Gasteiger charge is 2.10. The smallest absolute Gasteiger partial charge is 0.205 e. The van der Waals surface area contributed by atoms with Gasteiger partial charge in [0.2, 0.25) is 5.13 Å². The molecular weight excluding hydrogens is 238 g/mol. The fourth-order valence-electron chi connectivity index (χ4n) is 1.01. The number of aromatic nitrogens is 2. The molecule has 1 rings (SSSR count). The average molecular weight is 259 g/mol. The molecule has 3 nitrogen and oxygen atoms in total. The van der Waals surface area contributed by atoms with Gasteiger partial charge in [0.15, 0.2) is 0 Å². The van der Waals surface area contributed by atoms with E-state index < -0.39 is 0 Å². The van der Waals surface area contributed by atoms with Gasteiger partial charge in [-0.1, -0.05) is 39.0 Å². The van der Waals surface area contributed by atoms with Gasteiger partial charge in [0.25, 0.3) is 0 Å². The van der Waals surface area contributed by atoms with Crippen molar-refractivity contribution in [2.24, 2.45) is 5.92 Å². The summed E-state index contributed by atoms with van der Waals surface area (Å²) in [5, 5.41) is 14.3. The fraction of sp³-hybridized carbons (Fsp3) is 0.818. The van der Waals surface area contributed by atoms with E-state index in [0.717, 1.165) is 34.8 Å². The molecule has 0 aliphatic heterocycles. The SMILES string of the molecule is CCCNc1nnc(CSC(C)C(C)C)s1. The van der Waals surface area contributed by atoms with Gasteiger partial charge in [-0.25, -0.2) is 0 Å². The summed E-state index contributed by atoms with van der Waals surface area (Å²) in [7, 11) is 0. The van der Waals surface area contributed by atoms with Crippen LogP contribution in [0.25, 0.3) is 0 Å². The number of rotatable bonds is 7. The first-order valence-corrected chi connectivity index (χ1v) is 7.67. The van der Waals surface area contributed by atoms with Crippen LogP contribution in [0, 0.1) is 5.92 Å². The van der Waals surface area contributed by atoms with E-state index in [4.69, 9.17) is 0 Å². The Labute approximate surface area is 106 Å². The maximum absolute atomic E-state index is 4.19. The Morgan fingerprint density at radius 2 is 2.06 bits per heavy atom. The second-order valence-electron chi connectivity index (χ2n) is 4.19. The van der Waals surface area contributed by atoms with Gasteiger partial charge in [0, 0.05) is 17.5 Å². The van der Waals surface area contributed by atoms with Crippen LogP contribution in [-0.4, -0.2) is 22.0 Å². The highest BCUT2D eigenvalue weighted by molar-refractivity contribution is 7.99. The predicted octanol–water partition coefficient (Wildman–Crippen LogP) is 3.64. The molecule has 0 radical (unpaired) electrons. The molecule has 0 fully saturated rings. The Bertz CT molecular complexity index is 299. The van der Waals surface area contributed by atoms with Crippen LogP contribution < -0.4 is 5.32 Å². The van der Waals surface area contributed by atoms with Crippen molar-refractivity contribution in [3.63, 3.8) is 0 Å². The summed E-state index contributed by atoms with van der Waals surface area (Å²) in [4.78, 5) is 0. The van der Waals surface area contributed by atoms with Gasteiger partial charge < -0.3 is 5.32 Å². The minimum absolute atomic E-state index is 0.677. The van der Waals surface area contributed by atoms with E-state index in [1.54, 1.807) is 11.3 Å². The van der Waals surface area contributed by atoms with Gasteiger partial charge in [0.1, 0.15) is 5.01 Å². The highest BCUT2D eigenvalue weighted by atomic mass is 32.2. The predicted molar refractivity (Wildman–Crippen MR) is 74.3 cm³/mol. The van der Waals surface area contributed by atoms with Crippen LogP contribution in [0.2, 0.25) is 0 Å². The van der Waals surface area contributed by atoms with Crippen LogP contribution in [0.1, 0.15) is 39.1 Å². The molecular formula is C11H21N3S2. The summed E-state index contributed by atoms with van der Waals surface area (Å²) in [5.74, 6) is 1.70. The lowest BCUT2D eigenvalue weighted by atomic mass is 10.2. The monoisotopic (exact) mass is 259 g/mol. The summed E-state index contributed by atoms with van der Waals surface area (Å²) in [6, 6.07) is 0. The van der Waals surface area contributed by atoms with E-state index in [2.05, 4.69) is 43.2 Å². The largest absolute Gasteiger partial charge is 0.360 e. The molecule has 0 spiro atoms. The Balaban J connectivity index is 2.34. The van der Waals surface area contributed by atoms with Crippen molar-refractivity contribution in [2.45, 2.75) is 45.1 Å². The summed E-state index contributed by atoms with van der Waals surface area (Å²) in [6.07, 6.45) is 1.12. The van der Waals surface area contributed by atoms with Gasteiger partial charge >= 0.3 is 0 Å². The molecule has 0 aliphatic rings. The topological polar surface area (TPSA) is 37.8 Å². The molecule has 1 aromatic heterocycles. The number of nitrogens with zero attached hydrogens (tertiary/aromatic N) is 2. The third-order valence-electron chi connectivity index (χ3n) is 2.40. The van der Waals surface area contributed by atoms with E-state index in [-0.39, 0.29) is 0 Å². The van der Waals surface area contributed by atoms with Crippen molar-refractivity contribution in [2.75, 3.05) is 11.9 Å². The molecule has 0 aromatic carbocycles. The van der Waals surface area contributed by atoms with Gasteiger partial charge in [-0.2, -0.15) is 11.8 Å². The summed E-state index contributed by atoms with van der Waals surface area (Å²) >= 11 is 3.63. The first-order valence-electron chi connectivity index (χ1n) is 5.81. The molecule has 92 valence electrons. The quantitative estimate of drug-likeness (QED) is 0.811. The number of hydrogen-bond acceptors (Lipinski definition) is 5. The van der Waals surface area contributed by atoms with Crippen LogP contribution in [0.15, 0.2) is 0 Å². The number of thioether (sulfide) groups is 1. The lowest BCUT2D eigenvalue weighted by Crippen LogP contribution is -2.05. The van der Waals surface area contributed by atoms with Crippen LogP contribution >= 0.6 is 23.1 Å². The maximum atomic E-state index is 4.19. The molecule has 1 unspecified atom stereocenters. The van der Waals surface area contributed by atoms with E-state index in [9.17, 15) is 0 Å². The van der Waals surface area contributed by atoms with Crippen molar-refractivity contribution in [1.82, 2.24) is 10.2 Å². The summed E-state index contributed by atoms with van der Waals surface area (Å²) < 4.78 is 0. The lowest BCUT2D eigenvalue weighted by Gasteiger charge is -2.13. The molecule has 16 heavy (non-hydrogen) atoms. The second-order valence-corrected chi connectivity index (χ2v) is 6.62. The molecule has 1 atom stereocenters. The van der Waals surface area contributed by atoms with Gasteiger partial charge in [0.05, 0.1) is 0 Å². The molecule has 0 bridgehead atoms. The maximum Gasteiger partial charge on any atom is 0.205 e. The molecule has 1 N–H and O–H groups in total. The molecule has 5 heteroatoms. The van der Waals surface area contributed by atoms with E-state index in [0.29, 0.717) is 5.25 Å². The number of hydrogen-bond donors (Lipinski definition) is 1. The fourth-order valence-corrected chi connectivity index (χ4v) is 2.86. The van der Waals surface area contributed by atoms with Gasteiger partial charge in [-0.05, 0) is 12.3 Å². The normalized spacial score (nSPS) is 13.1. The van der Waals surface area contributed by atoms with Crippen molar-refractivity contribution >= 4 is 28.2 Å². The third-order valence-corrected chi connectivity index (χ3v) is 4.98. The van der Waals surface area contributed by atoms with E-state index in [1.807, 2.05) is 11.8 Å². The summed E-state index contributed by atoms with van der Waals surface area (Å²) in [6.45, 7) is 9.91. The van der Waals surface area contributed by atoms with Crippen LogP contribution in [-0.2, 0) is 5.75 Å². The molecule has 0 aliphatic carbocycles. The van der Waals surface area contributed by atoms with E-state index >= 15 is 0 Å². The van der Waals surface area contributed by atoms with Crippen LogP contribution in [0.4, 0.5) is 5.13 Å². The molecule has 1 aromatic rings. The zero-order valence-corrected chi connectivity index (χ0v) is 12.1. The average Bonchev–Trinajstić information content (AvgIpc) is 2.70. The Morgan fingerprint density at radius 3 is 2.69 bits per heavy atom. The van der Waals surface area contributed by atoms with Gasteiger partial charge in [-0.15, -0.1) is 10.2 Å². The third kappa shape index (κ3) is 4.70. The minimum atomic E-state index is 0.677. The first-order chi connectivity index (χ1) is 7.63. The molecule has 0 saturated carbocycles. The second kappa shape index (κ2) is 7.12. The van der Waals surface area contributed by atoms with Crippen LogP contribution in [0.5, 0.6) is 0 Å². The Hall–Kier alpha value is -0.290. The van der Waals surface area contributed by atoms with Crippen molar-refractivity contribution in [3.8, 4) is 0 Å². The Kier molecular flexibility index (Phi) is 6.13. The van der Waals surface area contributed by atoms with Crippen molar-refractivity contribution < 1.29 is 0 Å². The molecule has 0 amide bonds. The van der Waals surface area contributed by atoms with Crippen molar-refractivity contribution in [1.29, 1.82) is 0 Å². The minimum Gasteiger partial charge on any atom is -0.360 e. The van der Waals surface area contributed by atoms with Crippen LogP contribution in [0.3, 0.4) is 0 Å². The molecule has 0 saturated heterocycles. The van der Waals surface area contributed by atoms with Gasteiger partial charge in [-0.3, -0.25) is 0 Å². The zero-order chi connectivity index (χ0) is 12.0. The highest BCUT2D eigenvalue weighted by Crippen LogP contribution is 2.25. The molecule has 1 heterocycles. The zero-order valence-electron chi connectivity index (χ0n) is 10.5. The summed E-state index contributed by atoms with van der Waals surface area (Å²) in [5.41, 5.74) is 0. The van der Waals surface area contributed by atoms with Crippen molar-refractivity contribution in [3.05, 3.63) is 5.01 Å².